The molecule has 1 atom stereocenters. The van der Waals surface area contributed by atoms with Gasteiger partial charge in [-0.15, -0.1) is 0 Å². The van der Waals surface area contributed by atoms with E-state index in [1.54, 1.807) is 12.1 Å². The second kappa shape index (κ2) is 3.72. The van der Waals surface area contributed by atoms with Crippen LogP contribution in [0.3, 0.4) is 0 Å². The third kappa shape index (κ3) is 1.68. The predicted octanol–water partition coefficient (Wildman–Crippen LogP) is 3.90. The minimum absolute atomic E-state index is 0.0897. The lowest BCUT2D eigenvalue weighted by molar-refractivity contribution is 0.432. The fourth-order valence-electron chi connectivity index (χ4n) is 2.51. The Morgan fingerprint density at radius 2 is 2.14 bits per heavy atom. The SMILES string of the molecule is CC(C)C1CCCc2cc(F)ccc21. The van der Waals surface area contributed by atoms with Crippen LogP contribution in [0.15, 0.2) is 18.2 Å². The van der Waals surface area contributed by atoms with Gasteiger partial charge in [-0.2, -0.15) is 0 Å². The van der Waals surface area contributed by atoms with Crippen LogP contribution in [0.5, 0.6) is 0 Å². The third-order valence-corrected chi connectivity index (χ3v) is 3.27. The van der Waals surface area contributed by atoms with Crippen LogP contribution in [0, 0.1) is 11.7 Å². The van der Waals surface area contributed by atoms with Crippen molar-refractivity contribution in [3.05, 3.63) is 35.1 Å². The number of hydrogen-bond acceptors (Lipinski definition) is 0. The van der Waals surface area contributed by atoms with Crippen molar-refractivity contribution in [2.45, 2.75) is 39.0 Å². The van der Waals surface area contributed by atoms with E-state index >= 15 is 0 Å². The number of rotatable bonds is 1. The summed E-state index contributed by atoms with van der Waals surface area (Å²) in [6, 6.07) is 5.29. The van der Waals surface area contributed by atoms with Crippen molar-refractivity contribution in [2.75, 3.05) is 0 Å². The summed E-state index contributed by atoms with van der Waals surface area (Å²) in [6.45, 7) is 4.51. The molecular weight excluding hydrogens is 175 g/mol. The molecule has 1 unspecified atom stereocenters. The van der Waals surface area contributed by atoms with Crippen LogP contribution in [-0.2, 0) is 6.42 Å². The number of halogens is 1. The zero-order chi connectivity index (χ0) is 10.1. The molecule has 1 aliphatic carbocycles. The Balaban J connectivity index is 2.40. The van der Waals surface area contributed by atoms with Crippen LogP contribution in [0.4, 0.5) is 4.39 Å². The maximum atomic E-state index is 13.0. The Morgan fingerprint density at radius 1 is 1.36 bits per heavy atom. The van der Waals surface area contributed by atoms with Gasteiger partial charge in [0, 0.05) is 0 Å². The van der Waals surface area contributed by atoms with Crippen LogP contribution >= 0.6 is 0 Å². The molecule has 0 heterocycles. The molecule has 0 saturated carbocycles. The molecule has 0 radical (unpaired) electrons. The molecule has 14 heavy (non-hydrogen) atoms. The first kappa shape index (κ1) is 9.70. The quantitative estimate of drug-likeness (QED) is 0.633. The van der Waals surface area contributed by atoms with Crippen molar-refractivity contribution in [3.63, 3.8) is 0 Å². The molecule has 0 aromatic heterocycles. The van der Waals surface area contributed by atoms with Gasteiger partial charge in [0.25, 0.3) is 0 Å². The molecule has 0 bridgehead atoms. The van der Waals surface area contributed by atoms with E-state index in [1.165, 1.54) is 24.0 Å². The number of fused-ring (bicyclic) bond motifs is 1. The molecule has 0 saturated heterocycles. The number of benzene rings is 1. The largest absolute Gasteiger partial charge is 0.207 e. The summed E-state index contributed by atoms with van der Waals surface area (Å²) >= 11 is 0. The van der Waals surface area contributed by atoms with Gasteiger partial charge in [0.05, 0.1) is 0 Å². The van der Waals surface area contributed by atoms with E-state index in [0.717, 1.165) is 6.42 Å². The summed E-state index contributed by atoms with van der Waals surface area (Å²) in [4.78, 5) is 0. The minimum atomic E-state index is -0.0897. The van der Waals surface area contributed by atoms with Crippen molar-refractivity contribution < 1.29 is 4.39 Å². The standard InChI is InChI=1S/C13H17F/c1-9(2)12-5-3-4-10-8-11(14)6-7-13(10)12/h6-9,12H,3-5H2,1-2H3. The summed E-state index contributed by atoms with van der Waals surface area (Å²) in [6.07, 6.45) is 3.52. The Kier molecular flexibility index (Phi) is 2.58. The van der Waals surface area contributed by atoms with Crippen LogP contribution < -0.4 is 0 Å². The molecule has 0 aliphatic heterocycles. The Bertz CT molecular complexity index is 328. The lowest BCUT2D eigenvalue weighted by Gasteiger charge is -2.28. The van der Waals surface area contributed by atoms with Gasteiger partial charge in [-0.1, -0.05) is 19.9 Å². The normalized spacial score (nSPS) is 21.0. The summed E-state index contributed by atoms with van der Waals surface area (Å²) in [5.74, 6) is 1.21. The van der Waals surface area contributed by atoms with Gasteiger partial charge in [0.1, 0.15) is 5.82 Å². The molecule has 1 heteroatoms. The first-order valence-corrected chi connectivity index (χ1v) is 5.47. The van der Waals surface area contributed by atoms with Crippen LogP contribution in [0.1, 0.15) is 43.7 Å². The molecule has 1 aromatic rings. The maximum Gasteiger partial charge on any atom is 0.123 e. The molecule has 2 rings (SSSR count). The average Bonchev–Trinajstić information content (AvgIpc) is 2.16. The van der Waals surface area contributed by atoms with Gasteiger partial charge in [-0.3, -0.25) is 0 Å². The second-order valence-corrected chi connectivity index (χ2v) is 4.59. The van der Waals surface area contributed by atoms with Crippen molar-refractivity contribution in [3.8, 4) is 0 Å². The van der Waals surface area contributed by atoms with Gasteiger partial charge < -0.3 is 0 Å². The third-order valence-electron chi connectivity index (χ3n) is 3.27. The highest BCUT2D eigenvalue weighted by Gasteiger charge is 2.22. The van der Waals surface area contributed by atoms with Crippen LogP contribution in [0.25, 0.3) is 0 Å². The summed E-state index contributed by atoms with van der Waals surface area (Å²) in [5, 5.41) is 0. The molecule has 1 aliphatic rings. The molecule has 1 aromatic carbocycles. The molecule has 0 fully saturated rings. The van der Waals surface area contributed by atoms with Gasteiger partial charge in [-0.05, 0) is 54.4 Å². The summed E-state index contributed by atoms with van der Waals surface area (Å²) < 4.78 is 13.0. The van der Waals surface area contributed by atoms with Crippen molar-refractivity contribution >= 4 is 0 Å². The zero-order valence-corrected chi connectivity index (χ0v) is 8.89. The van der Waals surface area contributed by atoms with Gasteiger partial charge in [0.15, 0.2) is 0 Å². The molecule has 0 nitrogen and oxygen atoms in total. The highest BCUT2D eigenvalue weighted by molar-refractivity contribution is 5.33. The molecule has 0 amide bonds. The fraction of sp³-hybridized carbons (Fsp3) is 0.538. The summed E-state index contributed by atoms with van der Waals surface area (Å²) in [5.41, 5.74) is 2.61. The lowest BCUT2D eigenvalue weighted by atomic mass is 9.77. The molecule has 0 spiro atoms. The Labute approximate surface area is 85.1 Å². The van der Waals surface area contributed by atoms with E-state index in [0.29, 0.717) is 11.8 Å². The van der Waals surface area contributed by atoms with Crippen molar-refractivity contribution in [2.24, 2.45) is 5.92 Å². The maximum absolute atomic E-state index is 13.0. The molecule has 76 valence electrons. The number of hydrogen-bond donors (Lipinski definition) is 0. The molecule has 0 N–H and O–H groups in total. The van der Waals surface area contributed by atoms with Crippen molar-refractivity contribution in [1.29, 1.82) is 0 Å². The Hall–Kier alpha value is -0.850. The smallest absolute Gasteiger partial charge is 0.123 e. The van der Waals surface area contributed by atoms with Crippen molar-refractivity contribution in [1.82, 2.24) is 0 Å². The average molecular weight is 192 g/mol. The highest BCUT2D eigenvalue weighted by Crippen LogP contribution is 2.36. The second-order valence-electron chi connectivity index (χ2n) is 4.59. The minimum Gasteiger partial charge on any atom is -0.207 e. The first-order valence-electron chi connectivity index (χ1n) is 5.47. The predicted molar refractivity (Wildman–Crippen MR) is 56.9 cm³/mol. The Morgan fingerprint density at radius 3 is 2.86 bits per heavy atom. The van der Waals surface area contributed by atoms with Gasteiger partial charge in [-0.25, -0.2) is 4.39 Å². The monoisotopic (exact) mass is 192 g/mol. The van der Waals surface area contributed by atoms with E-state index in [4.69, 9.17) is 0 Å². The lowest BCUT2D eigenvalue weighted by Crippen LogP contribution is -2.14. The highest BCUT2D eigenvalue weighted by atomic mass is 19.1. The van der Waals surface area contributed by atoms with E-state index in [9.17, 15) is 4.39 Å². The topological polar surface area (TPSA) is 0 Å². The van der Waals surface area contributed by atoms with Gasteiger partial charge in [0.2, 0.25) is 0 Å². The zero-order valence-electron chi connectivity index (χ0n) is 8.89. The van der Waals surface area contributed by atoms with E-state index < -0.39 is 0 Å². The van der Waals surface area contributed by atoms with Crippen LogP contribution in [0.2, 0.25) is 0 Å². The first-order chi connectivity index (χ1) is 6.68. The van der Waals surface area contributed by atoms with Crippen LogP contribution in [-0.4, -0.2) is 0 Å². The molecular formula is C13H17F. The van der Waals surface area contributed by atoms with E-state index in [-0.39, 0.29) is 5.82 Å². The summed E-state index contributed by atoms with van der Waals surface area (Å²) in [7, 11) is 0. The van der Waals surface area contributed by atoms with Gasteiger partial charge >= 0.3 is 0 Å². The van der Waals surface area contributed by atoms with E-state index in [1.807, 2.05) is 6.07 Å². The fourth-order valence-corrected chi connectivity index (χ4v) is 2.51. The number of aryl methyl sites for hydroxylation is 1. The van der Waals surface area contributed by atoms with E-state index in [2.05, 4.69) is 13.8 Å².